The minimum atomic E-state index is -3.61. The van der Waals surface area contributed by atoms with Crippen molar-refractivity contribution in [2.45, 2.75) is 11.1 Å². The highest BCUT2D eigenvalue weighted by Gasteiger charge is 2.16. The van der Waals surface area contributed by atoms with E-state index in [1.54, 1.807) is 18.2 Å². The molecular weight excluding hydrogens is 364 g/mol. The summed E-state index contributed by atoms with van der Waals surface area (Å²) >= 11 is 6.82. The second-order valence-electron chi connectivity index (χ2n) is 5.23. The van der Waals surface area contributed by atoms with Crippen LogP contribution in [0.1, 0.15) is 5.56 Å². The van der Waals surface area contributed by atoms with Crippen LogP contribution in [-0.2, 0) is 10.0 Å². The Hall–Kier alpha value is -2.02. The zero-order chi connectivity index (χ0) is 17.2. The highest BCUT2D eigenvalue weighted by molar-refractivity contribution is 7.94. The molecule has 0 amide bonds. The standard InChI is InChI=1S/C17H15ClN2O2S2/c1-12-2-4-13(5-3-12)19-14-6-8-15(9-7-14)20-24(21,22)17-11-10-16(18)23-17/h2-11,19-20H,1H3. The van der Waals surface area contributed by atoms with Crippen LogP contribution >= 0.6 is 22.9 Å². The molecule has 1 aromatic heterocycles. The van der Waals surface area contributed by atoms with Crippen LogP contribution in [0.15, 0.2) is 64.9 Å². The Balaban J connectivity index is 1.71. The van der Waals surface area contributed by atoms with E-state index in [0.717, 1.165) is 22.7 Å². The SMILES string of the molecule is Cc1ccc(Nc2ccc(NS(=O)(=O)c3ccc(Cl)s3)cc2)cc1. The van der Waals surface area contributed by atoms with Crippen LogP contribution in [-0.4, -0.2) is 8.42 Å². The molecule has 0 spiro atoms. The van der Waals surface area contributed by atoms with E-state index < -0.39 is 10.0 Å². The number of thiophene rings is 1. The van der Waals surface area contributed by atoms with Crippen molar-refractivity contribution in [3.05, 3.63) is 70.6 Å². The van der Waals surface area contributed by atoms with Crippen molar-refractivity contribution < 1.29 is 8.42 Å². The number of halogens is 1. The topological polar surface area (TPSA) is 58.2 Å². The molecule has 0 saturated carbocycles. The van der Waals surface area contributed by atoms with E-state index in [-0.39, 0.29) is 4.21 Å². The quantitative estimate of drug-likeness (QED) is 0.637. The maximum Gasteiger partial charge on any atom is 0.271 e. The van der Waals surface area contributed by atoms with Gasteiger partial charge in [-0.05, 0) is 55.5 Å². The molecule has 0 unspecified atom stereocenters. The smallest absolute Gasteiger partial charge is 0.271 e. The number of sulfonamides is 1. The van der Waals surface area contributed by atoms with Gasteiger partial charge in [-0.25, -0.2) is 8.42 Å². The summed E-state index contributed by atoms with van der Waals surface area (Å²) in [4.78, 5) is 0. The summed E-state index contributed by atoms with van der Waals surface area (Å²) in [6.45, 7) is 2.03. The summed E-state index contributed by atoms with van der Waals surface area (Å²) in [5.41, 5.74) is 3.54. The molecule has 0 radical (unpaired) electrons. The first-order valence-electron chi connectivity index (χ1n) is 7.14. The van der Waals surface area contributed by atoms with Crippen LogP contribution in [0.3, 0.4) is 0 Å². The summed E-state index contributed by atoms with van der Waals surface area (Å²) < 4.78 is 27.7. The lowest BCUT2D eigenvalue weighted by atomic mass is 10.2. The van der Waals surface area contributed by atoms with Gasteiger partial charge in [-0.2, -0.15) is 0 Å². The van der Waals surface area contributed by atoms with Gasteiger partial charge in [0.15, 0.2) is 0 Å². The summed E-state index contributed by atoms with van der Waals surface area (Å²) in [5.74, 6) is 0. The van der Waals surface area contributed by atoms with Gasteiger partial charge in [-0.15, -0.1) is 11.3 Å². The molecule has 1 heterocycles. The van der Waals surface area contributed by atoms with Crippen molar-refractivity contribution in [2.75, 3.05) is 10.0 Å². The Labute approximate surface area is 150 Å². The molecule has 2 N–H and O–H groups in total. The van der Waals surface area contributed by atoms with Crippen molar-refractivity contribution >= 4 is 50.0 Å². The van der Waals surface area contributed by atoms with Gasteiger partial charge in [0.25, 0.3) is 10.0 Å². The number of hydrogen-bond acceptors (Lipinski definition) is 4. The molecule has 124 valence electrons. The molecule has 3 rings (SSSR count). The van der Waals surface area contributed by atoms with E-state index in [1.807, 2.05) is 43.3 Å². The lowest BCUT2D eigenvalue weighted by Gasteiger charge is -2.09. The first-order valence-corrected chi connectivity index (χ1v) is 9.82. The Bertz CT molecular complexity index is 933. The van der Waals surface area contributed by atoms with E-state index in [0.29, 0.717) is 10.0 Å². The Kier molecular flexibility index (Phi) is 4.80. The molecule has 0 aliphatic heterocycles. The first-order chi connectivity index (χ1) is 11.4. The summed E-state index contributed by atoms with van der Waals surface area (Å²) in [6, 6.07) is 18.1. The number of rotatable bonds is 5. The predicted octanol–water partition coefficient (Wildman–Crippen LogP) is 5.25. The molecule has 0 aliphatic rings. The molecular formula is C17H15ClN2O2S2. The van der Waals surface area contributed by atoms with E-state index >= 15 is 0 Å². The van der Waals surface area contributed by atoms with Crippen LogP contribution in [0.25, 0.3) is 0 Å². The van der Waals surface area contributed by atoms with Crippen LogP contribution in [0, 0.1) is 6.92 Å². The Morgan fingerprint density at radius 3 is 1.92 bits per heavy atom. The van der Waals surface area contributed by atoms with Gasteiger partial charge in [-0.3, -0.25) is 4.72 Å². The number of anilines is 3. The highest BCUT2D eigenvalue weighted by atomic mass is 35.5. The largest absolute Gasteiger partial charge is 0.356 e. The normalized spacial score (nSPS) is 11.2. The molecule has 4 nitrogen and oxygen atoms in total. The van der Waals surface area contributed by atoms with Crippen molar-refractivity contribution in [3.8, 4) is 0 Å². The maximum absolute atomic E-state index is 12.2. The lowest BCUT2D eigenvalue weighted by molar-refractivity contribution is 0.603. The fraction of sp³-hybridized carbons (Fsp3) is 0.0588. The fourth-order valence-electron chi connectivity index (χ4n) is 2.07. The second kappa shape index (κ2) is 6.84. The number of nitrogens with one attached hydrogen (secondary N) is 2. The first kappa shape index (κ1) is 16.8. The van der Waals surface area contributed by atoms with Gasteiger partial charge < -0.3 is 5.32 Å². The van der Waals surface area contributed by atoms with Gasteiger partial charge in [0.05, 0.1) is 4.34 Å². The molecule has 0 fully saturated rings. The minimum Gasteiger partial charge on any atom is -0.356 e. The number of aryl methyl sites for hydroxylation is 1. The van der Waals surface area contributed by atoms with Gasteiger partial charge in [0.1, 0.15) is 4.21 Å². The third-order valence-corrected chi connectivity index (χ3v) is 6.40. The molecule has 0 aliphatic carbocycles. The van der Waals surface area contributed by atoms with E-state index in [1.165, 1.54) is 11.6 Å². The second-order valence-corrected chi connectivity index (χ2v) is 8.86. The number of benzene rings is 2. The molecule has 24 heavy (non-hydrogen) atoms. The Morgan fingerprint density at radius 1 is 0.833 bits per heavy atom. The molecule has 0 bridgehead atoms. The van der Waals surface area contributed by atoms with Crippen molar-refractivity contribution in [2.24, 2.45) is 0 Å². The van der Waals surface area contributed by atoms with E-state index in [4.69, 9.17) is 11.6 Å². The maximum atomic E-state index is 12.2. The van der Waals surface area contributed by atoms with Crippen molar-refractivity contribution in [1.29, 1.82) is 0 Å². The molecule has 0 atom stereocenters. The van der Waals surface area contributed by atoms with Gasteiger partial charge in [0.2, 0.25) is 0 Å². The van der Waals surface area contributed by atoms with E-state index in [2.05, 4.69) is 10.0 Å². The van der Waals surface area contributed by atoms with Crippen LogP contribution in [0.2, 0.25) is 4.34 Å². The van der Waals surface area contributed by atoms with Crippen molar-refractivity contribution in [1.82, 2.24) is 0 Å². The summed E-state index contributed by atoms with van der Waals surface area (Å²) in [5, 5.41) is 3.26. The molecule has 7 heteroatoms. The highest BCUT2D eigenvalue weighted by Crippen LogP contribution is 2.27. The Morgan fingerprint density at radius 2 is 1.38 bits per heavy atom. The fourth-order valence-corrected chi connectivity index (χ4v) is 4.61. The van der Waals surface area contributed by atoms with Gasteiger partial charge >= 0.3 is 0 Å². The van der Waals surface area contributed by atoms with Crippen LogP contribution < -0.4 is 10.0 Å². The zero-order valence-electron chi connectivity index (χ0n) is 12.8. The lowest BCUT2D eigenvalue weighted by Crippen LogP contribution is -2.11. The average Bonchev–Trinajstić information content (AvgIpc) is 2.99. The zero-order valence-corrected chi connectivity index (χ0v) is 15.2. The van der Waals surface area contributed by atoms with Crippen LogP contribution in [0.4, 0.5) is 17.1 Å². The monoisotopic (exact) mass is 378 g/mol. The molecule has 2 aromatic carbocycles. The molecule has 3 aromatic rings. The van der Waals surface area contributed by atoms with Gasteiger partial charge in [-0.1, -0.05) is 29.3 Å². The minimum absolute atomic E-state index is 0.189. The third kappa shape index (κ3) is 4.08. The summed E-state index contributed by atoms with van der Waals surface area (Å²) in [6.07, 6.45) is 0. The van der Waals surface area contributed by atoms with E-state index in [9.17, 15) is 8.42 Å². The van der Waals surface area contributed by atoms with Crippen molar-refractivity contribution in [3.63, 3.8) is 0 Å². The van der Waals surface area contributed by atoms with Gasteiger partial charge in [0, 0.05) is 17.1 Å². The average molecular weight is 379 g/mol. The number of hydrogen-bond donors (Lipinski definition) is 2. The molecule has 0 saturated heterocycles. The summed E-state index contributed by atoms with van der Waals surface area (Å²) in [7, 11) is -3.61. The van der Waals surface area contributed by atoms with Crippen LogP contribution in [0.5, 0.6) is 0 Å². The predicted molar refractivity (Wildman–Crippen MR) is 101 cm³/mol. The third-order valence-electron chi connectivity index (χ3n) is 3.29.